The van der Waals surface area contributed by atoms with E-state index in [0.29, 0.717) is 12.0 Å². The molecule has 56 valence electrons. The van der Waals surface area contributed by atoms with Gasteiger partial charge in [0.25, 0.3) is 0 Å². The van der Waals surface area contributed by atoms with Gasteiger partial charge in [-0.05, 0) is 6.07 Å². The van der Waals surface area contributed by atoms with Gasteiger partial charge in [-0.25, -0.2) is 0 Å². The number of nitriles is 1. The Labute approximate surface area is 69.0 Å². The predicted molar refractivity (Wildman–Crippen MR) is 44.5 cm³/mol. The van der Waals surface area contributed by atoms with Gasteiger partial charge in [0.15, 0.2) is 0 Å². The van der Waals surface area contributed by atoms with Crippen LogP contribution < -0.4 is 0 Å². The van der Waals surface area contributed by atoms with E-state index in [1.165, 1.54) is 11.3 Å². The molecule has 0 unspecified atom stereocenters. The average molecular weight is 165 g/mol. The summed E-state index contributed by atoms with van der Waals surface area (Å²) in [4.78, 5) is 0.967. The maximum absolute atomic E-state index is 8.82. The molecule has 0 spiro atoms. The van der Waals surface area contributed by atoms with E-state index >= 15 is 0 Å². The number of rotatable bonds is 2. The fourth-order valence-electron chi connectivity index (χ4n) is 0.733. The molecule has 0 atom stereocenters. The third-order valence-electron chi connectivity index (χ3n) is 1.16. The molecule has 0 fully saturated rings. The Balaban J connectivity index is 2.75. The lowest BCUT2D eigenvalue weighted by atomic mass is 10.3. The Morgan fingerprint density at radius 1 is 1.82 bits per heavy atom. The van der Waals surface area contributed by atoms with Crippen LogP contribution in [0.5, 0.6) is 0 Å². The minimum atomic E-state index is 0.135. The lowest BCUT2D eigenvalue weighted by molar-refractivity contribution is 0.402. The second-order valence-corrected chi connectivity index (χ2v) is 3.15. The molecule has 0 aromatic carbocycles. The zero-order chi connectivity index (χ0) is 8.27. The lowest BCUT2D eigenvalue weighted by Gasteiger charge is -1.90. The van der Waals surface area contributed by atoms with Gasteiger partial charge in [-0.1, -0.05) is 6.58 Å². The molecule has 11 heavy (non-hydrogen) atoms. The Morgan fingerprint density at radius 2 is 2.55 bits per heavy atom. The van der Waals surface area contributed by atoms with Gasteiger partial charge < -0.3 is 5.11 Å². The van der Waals surface area contributed by atoms with Gasteiger partial charge in [-0.2, -0.15) is 5.26 Å². The van der Waals surface area contributed by atoms with E-state index in [1.54, 1.807) is 11.4 Å². The first-order valence-electron chi connectivity index (χ1n) is 3.06. The third kappa shape index (κ3) is 2.10. The van der Waals surface area contributed by atoms with Crippen LogP contribution in [0.3, 0.4) is 0 Å². The molecule has 1 rings (SSSR count). The molecule has 1 heterocycles. The van der Waals surface area contributed by atoms with E-state index in [-0.39, 0.29) is 5.76 Å². The van der Waals surface area contributed by atoms with E-state index in [2.05, 4.69) is 6.58 Å². The molecule has 0 aliphatic carbocycles. The number of nitrogens with zero attached hydrogens (tertiary/aromatic N) is 1. The molecule has 3 heteroatoms. The predicted octanol–water partition coefficient (Wildman–Crippen LogP) is 2.23. The van der Waals surface area contributed by atoms with Gasteiger partial charge in [-0.15, -0.1) is 11.3 Å². The minimum Gasteiger partial charge on any atom is -0.513 e. The molecule has 0 radical (unpaired) electrons. The lowest BCUT2D eigenvalue weighted by Crippen LogP contribution is -1.81. The fourth-order valence-corrected chi connectivity index (χ4v) is 1.58. The van der Waals surface area contributed by atoms with Crippen LogP contribution in [0.1, 0.15) is 10.4 Å². The summed E-state index contributed by atoms with van der Waals surface area (Å²) in [6.07, 6.45) is 0.451. The van der Waals surface area contributed by atoms with Crippen molar-refractivity contribution in [1.82, 2.24) is 0 Å². The van der Waals surface area contributed by atoms with Crippen molar-refractivity contribution in [1.29, 1.82) is 5.26 Å². The number of aliphatic hydroxyl groups is 1. The number of hydrogen-bond acceptors (Lipinski definition) is 3. The topological polar surface area (TPSA) is 44.0 Å². The third-order valence-corrected chi connectivity index (χ3v) is 2.10. The molecule has 0 saturated heterocycles. The Bertz CT molecular complexity index is 308. The van der Waals surface area contributed by atoms with E-state index in [9.17, 15) is 0 Å². The summed E-state index contributed by atoms with van der Waals surface area (Å²) in [6, 6.07) is 3.78. The minimum absolute atomic E-state index is 0.135. The van der Waals surface area contributed by atoms with Crippen LogP contribution in [0.25, 0.3) is 0 Å². The summed E-state index contributed by atoms with van der Waals surface area (Å²) in [5.74, 6) is 0.135. The van der Waals surface area contributed by atoms with E-state index in [4.69, 9.17) is 10.4 Å². The van der Waals surface area contributed by atoms with E-state index in [0.717, 1.165) is 4.88 Å². The molecule has 0 aliphatic rings. The molecule has 0 bridgehead atoms. The second kappa shape index (κ2) is 3.22. The molecular weight excluding hydrogens is 158 g/mol. The molecule has 1 aromatic heterocycles. The summed E-state index contributed by atoms with van der Waals surface area (Å²) in [5.41, 5.74) is 0.645. The highest BCUT2D eigenvalue weighted by Gasteiger charge is 1.99. The number of hydrogen-bond donors (Lipinski definition) is 1. The van der Waals surface area contributed by atoms with Crippen LogP contribution >= 0.6 is 11.3 Å². The van der Waals surface area contributed by atoms with Crippen molar-refractivity contribution in [2.75, 3.05) is 0 Å². The summed E-state index contributed by atoms with van der Waals surface area (Å²) in [6.45, 7) is 3.36. The van der Waals surface area contributed by atoms with Crippen molar-refractivity contribution < 1.29 is 5.11 Å². The van der Waals surface area contributed by atoms with Gasteiger partial charge in [0.1, 0.15) is 6.07 Å². The zero-order valence-electron chi connectivity index (χ0n) is 5.87. The van der Waals surface area contributed by atoms with Crippen molar-refractivity contribution >= 4 is 11.3 Å². The first kappa shape index (κ1) is 7.83. The first-order chi connectivity index (χ1) is 5.22. The number of thiophene rings is 1. The summed E-state index contributed by atoms with van der Waals surface area (Å²) in [7, 11) is 0. The highest BCUT2D eigenvalue weighted by Crippen LogP contribution is 2.15. The molecule has 0 amide bonds. The van der Waals surface area contributed by atoms with Crippen molar-refractivity contribution in [3.8, 4) is 6.07 Å². The van der Waals surface area contributed by atoms with Crippen LogP contribution in [-0.2, 0) is 6.42 Å². The smallest absolute Gasteiger partial charge is 0.100 e. The summed E-state index contributed by atoms with van der Waals surface area (Å²) < 4.78 is 0. The van der Waals surface area contributed by atoms with Crippen LogP contribution in [0.2, 0.25) is 0 Å². The van der Waals surface area contributed by atoms with Gasteiger partial charge in [0, 0.05) is 16.7 Å². The summed E-state index contributed by atoms with van der Waals surface area (Å²) >= 11 is 1.46. The van der Waals surface area contributed by atoms with Gasteiger partial charge in [0.05, 0.1) is 11.3 Å². The normalized spacial score (nSPS) is 9.00. The van der Waals surface area contributed by atoms with Crippen molar-refractivity contribution in [3.05, 3.63) is 34.2 Å². The highest BCUT2D eigenvalue weighted by molar-refractivity contribution is 7.10. The Hall–Kier alpha value is -1.27. The van der Waals surface area contributed by atoms with Gasteiger partial charge in [0.2, 0.25) is 0 Å². The highest BCUT2D eigenvalue weighted by atomic mass is 32.1. The van der Waals surface area contributed by atoms with Crippen molar-refractivity contribution in [2.24, 2.45) is 0 Å². The average Bonchev–Trinajstić information content (AvgIpc) is 2.34. The van der Waals surface area contributed by atoms with Crippen molar-refractivity contribution in [3.63, 3.8) is 0 Å². The number of allylic oxidation sites excluding steroid dienone is 1. The molecule has 1 aromatic rings. The molecular formula is C8H7NOS. The Morgan fingerprint density at radius 3 is 3.00 bits per heavy atom. The largest absolute Gasteiger partial charge is 0.513 e. The van der Waals surface area contributed by atoms with Gasteiger partial charge in [-0.3, -0.25) is 0 Å². The summed E-state index contributed by atoms with van der Waals surface area (Å²) in [5, 5.41) is 19.0. The standard InChI is InChI=1S/C8H7NOS/c1-6(10)2-8-3-7(4-9)5-11-8/h3,5,10H,1-2H2. The van der Waals surface area contributed by atoms with Crippen LogP contribution in [0, 0.1) is 11.3 Å². The Kier molecular flexibility index (Phi) is 2.29. The monoisotopic (exact) mass is 165 g/mol. The van der Waals surface area contributed by atoms with Crippen LogP contribution in [0.15, 0.2) is 23.8 Å². The van der Waals surface area contributed by atoms with E-state index in [1.807, 2.05) is 6.07 Å². The maximum Gasteiger partial charge on any atom is 0.100 e. The zero-order valence-corrected chi connectivity index (χ0v) is 6.69. The quantitative estimate of drug-likeness (QED) is 0.683. The SMILES string of the molecule is C=C(O)Cc1cc(C#N)cs1. The molecule has 0 aliphatic heterocycles. The number of aliphatic hydroxyl groups excluding tert-OH is 1. The molecule has 0 saturated carbocycles. The van der Waals surface area contributed by atoms with Crippen molar-refractivity contribution in [2.45, 2.75) is 6.42 Å². The van der Waals surface area contributed by atoms with Crippen LogP contribution in [0.4, 0.5) is 0 Å². The van der Waals surface area contributed by atoms with E-state index < -0.39 is 0 Å². The fraction of sp³-hybridized carbons (Fsp3) is 0.125. The molecule has 1 N–H and O–H groups in total. The van der Waals surface area contributed by atoms with Gasteiger partial charge >= 0.3 is 0 Å². The first-order valence-corrected chi connectivity index (χ1v) is 3.94. The maximum atomic E-state index is 8.82. The second-order valence-electron chi connectivity index (χ2n) is 2.16. The molecule has 2 nitrogen and oxygen atoms in total. The van der Waals surface area contributed by atoms with Crippen LogP contribution in [-0.4, -0.2) is 5.11 Å².